The summed E-state index contributed by atoms with van der Waals surface area (Å²) >= 11 is 10.7. The number of halogens is 2. The van der Waals surface area contributed by atoms with Crippen molar-refractivity contribution in [1.82, 2.24) is 9.55 Å². The molecule has 0 bridgehead atoms. The summed E-state index contributed by atoms with van der Waals surface area (Å²) in [7, 11) is 1.53. The van der Waals surface area contributed by atoms with Gasteiger partial charge in [0, 0.05) is 16.7 Å². The SMILES string of the molecule is CCn1c(SC(C)C(=O)Nc2ccc(OC)c(Cl)c2)nc2ccc(Br)cc2c1=O. The molecule has 0 spiro atoms. The van der Waals surface area contributed by atoms with Gasteiger partial charge in [0.2, 0.25) is 5.91 Å². The number of hydrogen-bond acceptors (Lipinski definition) is 5. The predicted molar refractivity (Wildman–Crippen MR) is 121 cm³/mol. The molecule has 1 amide bonds. The molecule has 1 atom stereocenters. The number of aromatic nitrogens is 2. The van der Waals surface area contributed by atoms with Gasteiger partial charge in [-0.2, -0.15) is 0 Å². The number of fused-ring (bicyclic) bond motifs is 1. The third-order valence-corrected chi connectivity index (χ3v) is 6.15. The molecule has 0 saturated heterocycles. The van der Waals surface area contributed by atoms with Gasteiger partial charge in [-0.1, -0.05) is 39.3 Å². The second-order valence-electron chi connectivity index (χ2n) is 6.20. The number of methoxy groups -OCH3 is 1. The third kappa shape index (κ3) is 4.76. The van der Waals surface area contributed by atoms with Crippen LogP contribution in [0.25, 0.3) is 10.9 Å². The molecule has 0 radical (unpaired) electrons. The number of thioether (sulfide) groups is 1. The van der Waals surface area contributed by atoms with E-state index in [1.165, 1.54) is 18.9 Å². The van der Waals surface area contributed by atoms with Gasteiger partial charge in [-0.15, -0.1) is 0 Å². The van der Waals surface area contributed by atoms with Crippen LogP contribution in [-0.2, 0) is 11.3 Å². The molecule has 1 unspecified atom stereocenters. The quantitative estimate of drug-likeness (QED) is 0.386. The average molecular weight is 497 g/mol. The van der Waals surface area contributed by atoms with E-state index in [0.717, 1.165) is 4.47 Å². The molecule has 0 aliphatic rings. The van der Waals surface area contributed by atoms with Crippen LogP contribution in [-0.4, -0.2) is 27.8 Å². The van der Waals surface area contributed by atoms with Crippen molar-refractivity contribution in [3.8, 4) is 5.75 Å². The first-order valence-corrected chi connectivity index (χ1v) is 10.9. The molecule has 152 valence electrons. The van der Waals surface area contributed by atoms with Gasteiger partial charge in [0.25, 0.3) is 5.56 Å². The van der Waals surface area contributed by atoms with E-state index in [-0.39, 0.29) is 11.5 Å². The molecule has 29 heavy (non-hydrogen) atoms. The molecule has 2 aromatic carbocycles. The van der Waals surface area contributed by atoms with Crippen LogP contribution in [0.15, 0.2) is 50.8 Å². The molecule has 3 aromatic rings. The van der Waals surface area contributed by atoms with Crippen molar-refractivity contribution < 1.29 is 9.53 Å². The molecule has 0 saturated carbocycles. The maximum atomic E-state index is 12.8. The van der Waals surface area contributed by atoms with Crippen LogP contribution in [0.5, 0.6) is 5.75 Å². The highest BCUT2D eigenvalue weighted by Crippen LogP contribution is 2.28. The zero-order chi connectivity index (χ0) is 21.1. The molecule has 1 heterocycles. The number of ether oxygens (including phenoxy) is 1. The van der Waals surface area contributed by atoms with Crippen LogP contribution >= 0.6 is 39.3 Å². The van der Waals surface area contributed by atoms with Gasteiger partial charge in [-0.25, -0.2) is 4.98 Å². The summed E-state index contributed by atoms with van der Waals surface area (Å²) in [5.74, 6) is 0.315. The van der Waals surface area contributed by atoms with Gasteiger partial charge in [-0.3, -0.25) is 14.2 Å². The first-order valence-electron chi connectivity index (χ1n) is 8.85. The number of nitrogens with one attached hydrogen (secondary N) is 1. The summed E-state index contributed by atoms with van der Waals surface area (Å²) in [4.78, 5) is 30.1. The van der Waals surface area contributed by atoms with Crippen LogP contribution in [0.3, 0.4) is 0 Å². The molecule has 6 nitrogen and oxygen atoms in total. The predicted octanol–water partition coefficient (Wildman–Crippen LogP) is 4.96. The van der Waals surface area contributed by atoms with Gasteiger partial charge >= 0.3 is 0 Å². The monoisotopic (exact) mass is 495 g/mol. The Morgan fingerprint density at radius 1 is 1.34 bits per heavy atom. The summed E-state index contributed by atoms with van der Waals surface area (Å²) in [6.45, 7) is 4.10. The van der Waals surface area contributed by atoms with E-state index in [0.29, 0.717) is 39.1 Å². The Balaban J connectivity index is 1.84. The van der Waals surface area contributed by atoms with Gasteiger partial charge in [0.05, 0.1) is 28.3 Å². The summed E-state index contributed by atoms with van der Waals surface area (Å²) < 4.78 is 7.51. The largest absolute Gasteiger partial charge is 0.495 e. The molecular formula is C20H19BrClN3O3S. The van der Waals surface area contributed by atoms with Gasteiger partial charge in [0.1, 0.15) is 5.75 Å². The fourth-order valence-electron chi connectivity index (χ4n) is 2.74. The zero-order valence-corrected chi connectivity index (χ0v) is 19.2. The Morgan fingerprint density at radius 3 is 2.76 bits per heavy atom. The fourth-order valence-corrected chi connectivity index (χ4v) is 4.33. The van der Waals surface area contributed by atoms with Crippen molar-refractivity contribution in [3.63, 3.8) is 0 Å². The Hall–Kier alpha value is -2.03. The van der Waals surface area contributed by atoms with Crippen molar-refractivity contribution >= 4 is 61.8 Å². The van der Waals surface area contributed by atoms with Gasteiger partial charge in [-0.05, 0) is 50.2 Å². The number of benzene rings is 2. The molecule has 9 heteroatoms. The highest BCUT2D eigenvalue weighted by Gasteiger charge is 2.19. The minimum atomic E-state index is -0.478. The molecule has 0 aliphatic heterocycles. The minimum Gasteiger partial charge on any atom is -0.495 e. The first-order chi connectivity index (χ1) is 13.8. The Labute approximate surface area is 185 Å². The lowest BCUT2D eigenvalue weighted by Crippen LogP contribution is -2.26. The van der Waals surface area contributed by atoms with E-state index in [2.05, 4.69) is 26.2 Å². The minimum absolute atomic E-state index is 0.129. The second-order valence-corrected chi connectivity index (χ2v) is 8.83. The van der Waals surface area contributed by atoms with Crippen molar-refractivity contribution in [2.24, 2.45) is 0 Å². The second kappa shape index (κ2) is 9.19. The van der Waals surface area contributed by atoms with E-state index in [4.69, 9.17) is 16.3 Å². The van der Waals surface area contributed by atoms with Crippen molar-refractivity contribution in [2.75, 3.05) is 12.4 Å². The maximum absolute atomic E-state index is 12.8. The third-order valence-electron chi connectivity index (χ3n) is 4.27. The standard InChI is InChI=1S/C20H19BrClN3O3S/c1-4-25-19(27)14-9-12(21)5-7-16(14)24-20(25)29-11(2)18(26)23-13-6-8-17(28-3)15(22)10-13/h5-11H,4H2,1-3H3,(H,23,26). The number of anilines is 1. The number of amides is 1. The van der Waals surface area contributed by atoms with Crippen molar-refractivity contribution in [2.45, 2.75) is 30.8 Å². The zero-order valence-electron chi connectivity index (χ0n) is 16.0. The summed E-state index contributed by atoms with van der Waals surface area (Å²) in [6, 6.07) is 10.4. The van der Waals surface area contributed by atoms with E-state index in [1.807, 2.05) is 13.0 Å². The highest BCUT2D eigenvalue weighted by molar-refractivity contribution is 9.10. The highest BCUT2D eigenvalue weighted by atomic mass is 79.9. The molecule has 3 rings (SSSR count). The van der Waals surface area contributed by atoms with Crippen LogP contribution in [0.4, 0.5) is 5.69 Å². The van der Waals surface area contributed by atoms with E-state index >= 15 is 0 Å². The summed E-state index contributed by atoms with van der Waals surface area (Å²) in [5.41, 5.74) is 1.04. The van der Waals surface area contributed by atoms with Gasteiger partial charge in [0.15, 0.2) is 5.16 Å². The van der Waals surface area contributed by atoms with E-state index in [9.17, 15) is 9.59 Å². The molecule has 0 fully saturated rings. The fraction of sp³-hybridized carbons (Fsp3) is 0.250. The Bertz CT molecular complexity index is 1140. The molecule has 1 aromatic heterocycles. The number of nitrogens with zero attached hydrogens (tertiary/aromatic N) is 2. The van der Waals surface area contributed by atoms with Crippen LogP contribution in [0.1, 0.15) is 13.8 Å². The van der Waals surface area contributed by atoms with E-state index in [1.54, 1.807) is 41.8 Å². The van der Waals surface area contributed by atoms with Gasteiger partial charge < -0.3 is 10.1 Å². The molecule has 1 N–H and O–H groups in total. The summed E-state index contributed by atoms with van der Waals surface area (Å²) in [5, 5.41) is 3.80. The Morgan fingerprint density at radius 2 is 2.10 bits per heavy atom. The van der Waals surface area contributed by atoms with E-state index < -0.39 is 5.25 Å². The first kappa shape index (κ1) is 21.7. The van der Waals surface area contributed by atoms with Crippen LogP contribution in [0.2, 0.25) is 5.02 Å². The number of hydrogen-bond donors (Lipinski definition) is 1. The lowest BCUT2D eigenvalue weighted by Gasteiger charge is -2.16. The lowest BCUT2D eigenvalue weighted by molar-refractivity contribution is -0.115. The number of carbonyl (C=O) groups is 1. The molecule has 0 aliphatic carbocycles. The lowest BCUT2D eigenvalue weighted by atomic mass is 10.2. The number of carbonyl (C=O) groups excluding carboxylic acids is 1. The maximum Gasteiger partial charge on any atom is 0.262 e. The molecular weight excluding hydrogens is 478 g/mol. The van der Waals surface area contributed by atoms with Crippen LogP contribution in [0, 0.1) is 0 Å². The van der Waals surface area contributed by atoms with Crippen molar-refractivity contribution in [3.05, 3.63) is 56.2 Å². The average Bonchev–Trinajstić information content (AvgIpc) is 2.69. The van der Waals surface area contributed by atoms with Crippen LogP contribution < -0.4 is 15.6 Å². The normalized spacial score (nSPS) is 12.0. The van der Waals surface area contributed by atoms with Crippen molar-refractivity contribution in [1.29, 1.82) is 0 Å². The smallest absolute Gasteiger partial charge is 0.262 e. The topological polar surface area (TPSA) is 73.2 Å². The number of rotatable bonds is 6. The summed E-state index contributed by atoms with van der Waals surface area (Å²) in [6.07, 6.45) is 0. The Kier molecular flexibility index (Phi) is 6.87.